The molecule has 1 saturated carbocycles. The highest BCUT2D eigenvalue weighted by molar-refractivity contribution is 9.10. The van der Waals surface area contributed by atoms with Crippen molar-refractivity contribution in [3.63, 3.8) is 0 Å². The Kier molecular flexibility index (Phi) is 4.60. The maximum Gasteiger partial charge on any atom is 0.141 e. The van der Waals surface area contributed by atoms with E-state index in [1.54, 1.807) is 0 Å². The summed E-state index contributed by atoms with van der Waals surface area (Å²) in [4.78, 5) is 9.22. The number of rotatable bonds is 3. The van der Waals surface area contributed by atoms with Gasteiger partial charge in [-0.3, -0.25) is 0 Å². The summed E-state index contributed by atoms with van der Waals surface area (Å²) in [6, 6.07) is 0. The third kappa shape index (κ3) is 3.02. The molecule has 18 heavy (non-hydrogen) atoms. The lowest BCUT2D eigenvalue weighted by Gasteiger charge is -2.25. The summed E-state index contributed by atoms with van der Waals surface area (Å²) in [6.07, 6.45) is 7.02. The van der Waals surface area contributed by atoms with Crippen molar-refractivity contribution >= 4 is 21.7 Å². The Morgan fingerprint density at radius 1 is 1.22 bits per heavy atom. The van der Waals surface area contributed by atoms with Crippen molar-refractivity contribution in [3.05, 3.63) is 16.0 Å². The topological polar surface area (TPSA) is 51.8 Å². The number of nitrogens with zero attached hydrogens (tertiary/aromatic N) is 2. The minimum absolute atomic E-state index is 0.507. The molecule has 0 atom stereocenters. The van der Waals surface area contributed by atoms with Crippen LogP contribution in [-0.4, -0.2) is 9.97 Å². The van der Waals surface area contributed by atoms with E-state index in [1.807, 2.05) is 0 Å². The normalized spacial score (nSPS) is 24.2. The number of aryl methyl sites for hydroxylation is 1. The van der Waals surface area contributed by atoms with Crippen LogP contribution < -0.4 is 5.73 Å². The molecular weight excluding hydrogens is 290 g/mol. The molecule has 1 aliphatic rings. The Hall–Kier alpha value is -0.640. The Labute approximate surface area is 118 Å². The van der Waals surface area contributed by atoms with Crippen LogP contribution in [0.1, 0.15) is 63.4 Å². The molecule has 0 spiro atoms. The van der Waals surface area contributed by atoms with Gasteiger partial charge in [-0.1, -0.05) is 33.1 Å². The SMILES string of the molecule is CCCc1nc(C2CCC(C)CC2)nc(N)c1Br. The fourth-order valence-electron chi connectivity index (χ4n) is 2.64. The molecular formula is C14H22BrN3. The first-order valence-electron chi connectivity index (χ1n) is 6.93. The smallest absolute Gasteiger partial charge is 0.141 e. The summed E-state index contributed by atoms with van der Waals surface area (Å²) < 4.78 is 0.886. The largest absolute Gasteiger partial charge is 0.383 e. The molecule has 1 aromatic heterocycles. The minimum Gasteiger partial charge on any atom is -0.383 e. The molecule has 0 amide bonds. The van der Waals surface area contributed by atoms with E-state index < -0.39 is 0 Å². The number of hydrogen-bond acceptors (Lipinski definition) is 3. The van der Waals surface area contributed by atoms with Gasteiger partial charge in [0, 0.05) is 5.92 Å². The second kappa shape index (κ2) is 6.00. The Morgan fingerprint density at radius 2 is 1.89 bits per heavy atom. The highest BCUT2D eigenvalue weighted by Crippen LogP contribution is 2.35. The summed E-state index contributed by atoms with van der Waals surface area (Å²) in [6.45, 7) is 4.49. The van der Waals surface area contributed by atoms with Crippen LogP contribution in [0.2, 0.25) is 0 Å². The average molecular weight is 312 g/mol. The molecule has 0 aromatic carbocycles. The molecule has 0 radical (unpaired) electrons. The quantitative estimate of drug-likeness (QED) is 0.915. The van der Waals surface area contributed by atoms with Gasteiger partial charge in [0.05, 0.1) is 10.2 Å². The van der Waals surface area contributed by atoms with E-state index in [9.17, 15) is 0 Å². The van der Waals surface area contributed by atoms with E-state index in [2.05, 4.69) is 34.8 Å². The molecule has 2 N–H and O–H groups in total. The number of nitrogens with two attached hydrogens (primary N) is 1. The van der Waals surface area contributed by atoms with Crippen LogP contribution >= 0.6 is 15.9 Å². The van der Waals surface area contributed by atoms with Crippen LogP contribution in [0.25, 0.3) is 0 Å². The third-order valence-corrected chi connectivity index (χ3v) is 4.69. The Morgan fingerprint density at radius 3 is 2.50 bits per heavy atom. The van der Waals surface area contributed by atoms with Gasteiger partial charge in [-0.25, -0.2) is 9.97 Å². The predicted octanol–water partition coefficient (Wildman–Crippen LogP) is 4.07. The zero-order valence-corrected chi connectivity index (χ0v) is 12.8. The first kappa shape index (κ1) is 13.8. The van der Waals surface area contributed by atoms with Gasteiger partial charge in [0.1, 0.15) is 11.6 Å². The fourth-order valence-corrected chi connectivity index (χ4v) is 3.01. The molecule has 1 aromatic rings. The fraction of sp³-hybridized carbons (Fsp3) is 0.714. The van der Waals surface area contributed by atoms with Crippen LogP contribution in [0.4, 0.5) is 5.82 Å². The van der Waals surface area contributed by atoms with Crippen LogP contribution in [-0.2, 0) is 6.42 Å². The van der Waals surface area contributed by atoms with Crippen molar-refractivity contribution in [1.29, 1.82) is 0 Å². The lowest BCUT2D eigenvalue weighted by atomic mass is 9.82. The van der Waals surface area contributed by atoms with Crippen molar-refractivity contribution in [1.82, 2.24) is 9.97 Å². The summed E-state index contributed by atoms with van der Waals surface area (Å²) in [7, 11) is 0. The molecule has 0 saturated heterocycles. The van der Waals surface area contributed by atoms with E-state index >= 15 is 0 Å². The van der Waals surface area contributed by atoms with Gasteiger partial charge in [-0.05, 0) is 41.1 Å². The van der Waals surface area contributed by atoms with Crippen molar-refractivity contribution in [3.8, 4) is 0 Å². The third-order valence-electron chi connectivity index (χ3n) is 3.83. The molecule has 1 heterocycles. The number of halogens is 1. The van der Waals surface area contributed by atoms with Crippen molar-refractivity contribution in [2.24, 2.45) is 5.92 Å². The second-order valence-electron chi connectivity index (χ2n) is 5.43. The molecule has 0 bridgehead atoms. The maximum absolute atomic E-state index is 5.99. The predicted molar refractivity (Wildman–Crippen MR) is 78.5 cm³/mol. The van der Waals surface area contributed by atoms with Gasteiger partial charge < -0.3 is 5.73 Å². The first-order valence-corrected chi connectivity index (χ1v) is 7.72. The number of aromatic nitrogens is 2. The molecule has 0 aliphatic heterocycles. The minimum atomic E-state index is 0.507. The Bertz CT molecular complexity index is 412. The van der Waals surface area contributed by atoms with Gasteiger partial charge >= 0.3 is 0 Å². The van der Waals surface area contributed by atoms with Gasteiger partial charge in [0.2, 0.25) is 0 Å². The lowest BCUT2D eigenvalue weighted by Crippen LogP contribution is -2.15. The first-order chi connectivity index (χ1) is 8.61. The average Bonchev–Trinajstić information content (AvgIpc) is 2.36. The Balaban J connectivity index is 2.22. The van der Waals surface area contributed by atoms with Gasteiger partial charge in [0.15, 0.2) is 0 Å². The van der Waals surface area contributed by atoms with Gasteiger partial charge in [-0.2, -0.15) is 0 Å². The van der Waals surface area contributed by atoms with Crippen molar-refractivity contribution in [2.45, 2.75) is 58.3 Å². The van der Waals surface area contributed by atoms with E-state index in [1.165, 1.54) is 25.7 Å². The van der Waals surface area contributed by atoms with E-state index in [-0.39, 0.29) is 0 Å². The van der Waals surface area contributed by atoms with Gasteiger partial charge in [-0.15, -0.1) is 0 Å². The summed E-state index contributed by atoms with van der Waals surface area (Å²) >= 11 is 3.50. The zero-order chi connectivity index (χ0) is 13.1. The van der Waals surface area contributed by atoms with E-state index in [0.29, 0.717) is 11.7 Å². The summed E-state index contributed by atoms with van der Waals surface area (Å²) in [5, 5.41) is 0. The van der Waals surface area contributed by atoms with Crippen molar-refractivity contribution in [2.75, 3.05) is 5.73 Å². The molecule has 0 unspecified atom stereocenters. The standard InChI is InChI=1S/C14H22BrN3/c1-3-4-11-12(15)13(16)18-14(17-11)10-7-5-9(2)6-8-10/h9-10H,3-8H2,1-2H3,(H2,16,17,18). The molecule has 1 aliphatic carbocycles. The number of hydrogen-bond donors (Lipinski definition) is 1. The molecule has 1 fully saturated rings. The van der Waals surface area contributed by atoms with Gasteiger partial charge in [0.25, 0.3) is 0 Å². The monoisotopic (exact) mass is 311 g/mol. The lowest BCUT2D eigenvalue weighted by molar-refractivity contribution is 0.339. The zero-order valence-electron chi connectivity index (χ0n) is 11.2. The molecule has 2 rings (SSSR count). The van der Waals surface area contributed by atoms with E-state index in [0.717, 1.165) is 34.8 Å². The van der Waals surface area contributed by atoms with Crippen LogP contribution in [0, 0.1) is 5.92 Å². The van der Waals surface area contributed by atoms with Crippen LogP contribution in [0.5, 0.6) is 0 Å². The number of nitrogen functional groups attached to an aromatic ring is 1. The molecule has 3 nitrogen and oxygen atoms in total. The summed E-state index contributed by atoms with van der Waals surface area (Å²) in [5.74, 6) is 2.92. The van der Waals surface area contributed by atoms with Crippen molar-refractivity contribution < 1.29 is 0 Å². The van der Waals surface area contributed by atoms with E-state index in [4.69, 9.17) is 10.7 Å². The second-order valence-corrected chi connectivity index (χ2v) is 6.23. The van der Waals surface area contributed by atoms with Crippen LogP contribution in [0.15, 0.2) is 4.47 Å². The summed E-state index contributed by atoms with van der Waals surface area (Å²) in [5.41, 5.74) is 7.06. The highest BCUT2D eigenvalue weighted by atomic mass is 79.9. The maximum atomic E-state index is 5.99. The molecule has 4 heteroatoms. The van der Waals surface area contributed by atoms with Crippen LogP contribution in [0.3, 0.4) is 0 Å². The molecule has 100 valence electrons. The number of anilines is 1. The highest BCUT2D eigenvalue weighted by Gasteiger charge is 2.23.